The van der Waals surface area contributed by atoms with Crippen molar-refractivity contribution < 1.29 is 0 Å². The molecule has 29 heavy (non-hydrogen) atoms. The van der Waals surface area contributed by atoms with Crippen LogP contribution in [0.5, 0.6) is 0 Å². The van der Waals surface area contributed by atoms with Crippen LogP contribution in [0.4, 0.5) is 0 Å². The van der Waals surface area contributed by atoms with Gasteiger partial charge in [0.15, 0.2) is 0 Å². The van der Waals surface area contributed by atoms with Crippen LogP contribution in [0.15, 0.2) is 24.3 Å². The highest BCUT2D eigenvalue weighted by atomic mass is 14.4. The molecular formula is C29H56. The maximum atomic E-state index is 4.20. The Balaban J connectivity index is 5.23. The predicted molar refractivity (Wildman–Crippen MR) is 135 cm³/mol. The van der Waals surface area contributed by atoms with Crippen molar-refractivity contribution in [2.45, 2.75) is 120 Å². The molecule has 0 heterocycles. The topological polar surface area (TPSA) is 0 Å². The summed E-state index contributed by atoms with van der Waals surface area (Å²) in [6.45, 7) is 25.8. The Labute approximate surface area is 186 Å². The lowest BCUT2D eigenvalue weighted by atomic mass is 9.63. The second kappa shape index (κ2) is 16.2. The standard InChI is InChI=1S/C29H56/c1-11-18-24(8)25(9)20-16-17-21-28(22(6)13-3)27(15-5)29(23(7)14-4)26(10)19-12-2/h13,18,22-23,25-29H,3,11-12,14-17,19-21H2,1-2,4-10H3/b24-18-. The number of unbranched alkanes of at least 4 members (excludes halogenated alkanes) is 1. The summed E-state index contributed by atoms with van der Waals surface area (Å²) in [5, 5.41) is 0. The van der Waals surface area contributed by atoms with Gasteiger partial charge in [0.2, 0.25) is 0 Å². The highest BCUT2D eigenvalue weighted by Crippen LogP contribution is 2.43. The van der Waals surface area contributed by atoms with Crippen LogP contribution < -0.4 is 0 Å². The second-order valence-corrected chi connectivity index (χ2v) is 10.1. The predicted octanol–water partition coefficient (Wildman–Crippen LogP) is 10.1. The van der Waals surface area contributed by atoms with Crippen molar-refractivity contribution in [1.29, 1.82) is 0 Å². The van der Waals surface area contributed by atoms with E-state index in [1.165, 1.54) is 57.8 Å². The average molecular weight is 405 g/mol. The first-order chi connectivity index (χ1) is 13.8. The Kier molecular flexibility index (Phi) is 15.9. The van der Waals surface area contributed by atoms with Crippen LogP contribution in [0, 0.1) is 41.4 Å². The fraction of sp³-hybridized carbons (Fsp3) is 0.862. The van der Waals surface area contributed by atoms with Gasteiger partial charge in [-0.1, -0.05) is 112 Å². The molecule has 0 aliphatic carbocycles. The molecule has 0 aliphatic heterocycles. The highest BCUT2D eigenvalue weighted by Gasteiger charge is 2.35. The molecule has 0 heteroatoms. The molecule has 172 valence electrons. The molecule has 0 saturated carbocycles. The molecule has 7 unspecified atom stereocenters. The van der Waals surface area contributed by atoms with E-state index < -0.39 is 0 Å². The molecule has 0 radical (unpaired) electrons. The molecule has 0 nitrogen and oxygen atoms in total. The van der Waals surface area contributed by atoms with Crippen LogP contribution in [-0.2, 0) is 0 Å². The van der Waals surface area contributed by atoms with E-state index in [1.54, 1.807) is 5.57 Å². The van der Waals surface area contributed by atoms with E-state index >= 15 is 0 Å². The van der Waals surface area contributed by atoms with Crippen LogP contribution >= 0.6 is 0 Å². The Morgan fingerprint density at radius 2 is 1.41 bits per heavy atom. The minimum Gasteiger partial charge on any atom is -0.103 e. The summed E-state index contributed by atoms with van der Waals surface area (Å²) in [6.07, 6.45) is 16.6. The number of rotatable bonds is 17. The molecule has 0 rings (SSSR count). The molecule has 0 N–H and O–H groups in total. The molecule has 0 fully saturated rings. The first-order valence-electron chi connectivity index (χ1n) is 13.1. The quantitative estimate of drug-likeness (QED) is 0.167. The Bertz CT molecular complexity index is 431. The molecule has 0 aliphatic rings. The zero-order valence-corrected chi connectivity index (χ0v) is 21.8. The van der Waals surface area contributed by atoms with Gasteiger partial charge in [-0.15, -0.1) is 6.58 Å². The zero-order valence-electron chi connectivity index (χ0n) is 21.8. The second-order valence-electron chi connectivity index (χ2n) is 10.1. The summed E-state index contributed by atoms with van der Waals surface area (Å²) >= 11 is 0. The first kappa shape index (κ1) is 28.5. The molecule has 7 atom stereocenters. The lowest BCUT2D eigenvalue weighted by Crippen LogP contribution is -2.35. The van der Waals surface area contributed by atoms with Crippen molar-refractivity contribution in [2.24, 2.45) is 41.4 Å². The van der Waals surface area contributed by atoms with E-state index in [0.29, 0.717) is 5.92 Å². The fourth-order valence-corrected chi connectivity index (χ4v) is 5.81. The molecule has 0 aromatic carbocycles. The van der Waals surface area contributed by atoms with Gasteiger partial charge in [0.1, 0.15) is 0 Å². The van der Waals surface area contributed by atoms with Gasteiger partial charge in [-0.3, -0.25) is 0 Å². The van der Waals surface area contributed by atoms with Gasteiger partial charge in [0.05, 0.1) is 0 Å². The monoisotopic (exact) mass is 404 g/mol. The third-order valence-corrected chi connectivity index (χ3v) is 7.99. The van der Waals surface area contributed by atoms with Gasteiger partial charge in [-0.25, -0.2) is 0 Å². The van der Waals surface area contributed by atoms with Crippen molar-refractivity contribution in [3.8, 4) is 0 Å². The van der Waals surface area contributed by atoms with E-state index in [9.17, 15) is 0 Å². The van der Waals surface area contributed by atoms with Crippen molar-refractivity contribution in [3.63, 3.8) is 0 Å². The van der Waals surface area contributed by atoms with Gasteiger partial charge in [-0.05, 0) is 67.6 Å². The summed E-state index contributed by atoms with van der Waals surface area (Å²) in [5.74, 6) is 5.50. The molecule has 0 aromatic heterocycles. The maximum absolute atomic E-state index is 4.20. The van der Waals surface area contributed by atoms with Crippen molar-refractivity contribution in [3.05, 3.63) is 24.3 Å². The number of hydrogen-bond donors (Lipinski definition) is 0. The summed E-state index contributed by atoms with van der Waals surface area (Å²) in [7, 11) is 0. The van der Waals surface area contributed by atoms with Gasteiger partial charge < -0.3 is 0 Å². The fourth-order valence-electron chi connectivity index (χ4n) is 5.81. The van der Waals surface area contributed by atoms with Crippen LogP contribution in [0.2, 0.25) is 0 Å². The zero-order chi connectivity index (χ0) is 22.4. The van der Waals surface area contributed by atoms with Gasteiger partial charge >= 0.3 is 0 Å². The molecular weight excluding hydrogens is 348 g/mol. The molecule has 0 aromatic rings. The van der Waals surface area contributed by atoms with Crippen molar-refractivity contribution in [1.82, 2.24) is 0 Å². The normalized spacial score (nSPS) is 19.8. The van der Waals surface area contributed by atoms with E-state index in [-0.39, 0.29) is 0 Å². The SMILES string of the molecule is C=CC(C)C(CCCCC(C)/C(C)=C\CC)C(CC)C(C(C)CC)C(C)CCC. The third kappa shape index (κ3) is 9.89. The lowest BCUT2D eigenvalue weighted by Gasteiger charge is -2.42. The summed E-state index contributed by atoms with van der Waals surface area (Å²) in [6, 6.07) is 0. The van der Waals surface area contributed by atoms with Gasteiger partial charge in [0.25, 0.3) is 0 Å². The minimum atomic E-state index is 0.625. The largest absolute Gasteiger partial charge is 0.103 e. The lowest BCUT2D eigenvalue weighted by molar-refractivity contribution is 0.0786. The van der Waals surface area contributed by atoms with Crippen LogP contribution in [-0.4, -0.2) is 0 Å². The summed E-state index contributed by atoms with van der Waals surface area (Å²) in [4.78, 5) is 0. The smallest absolute Gasteiger partial charge is 0.0234 e. The van der Waals surface area contributed by atoms with Crippen LogP contribution in [0.25, 0.3) is 0 Å². The molecule has 0 bridgehead atoms. The Morgan fingerprint density at radius 1 is 0.793 bits per heavy atom. The molecule has 0 spiro atoms. The van der Waals surface area contributed by atoms with E-state index in [1.807, 2.05) is 0 Å². The van der Waals surface area contributed by atoms with Crippen molar-refractivity contribution in [2.75, 3.05) is 0 Å². The number of hydrogen-bond acceptors (Lipinski definition) is 0. The van der Waals surface area contributed by atoms with Crippen molar-refractivity contribution >= 4 is 0 Å². The van der Waals surface area contributed by atoms with Crippen LogP contribution in [0.1, 0.15) is 120 Å². The highest BCUT2D eigenvalue weighted by molar-refractivity contribution is 5.01. The Hall–Kier alpha value is -0.520. The van der Waals surface area contributed by atoms with Gasteiger partial charge in [-0.2, -0.15) is 0 Å². The number of allylic oxidation sites excluding steroid dienone is 3. The maximum Gasteiger partial charge on any atom is -0.0234 e. The summed E-state index contributed by atoms with van der Waals surface area (Å²) in [5.41, 5.74) is 1.58. The van der Waals surface area contributed by atoms with E-state index in [4.69, 9.17) is 0 Å². The molecule has 0 amide bonds. The van der Waals surface area contributed by atoms with E-state index in [0.717, 1.165) is 35.5 Å². The Morgan fingerprint density at radius 3 is 1.90 bits per heavy atom. The molecule has 0 saturated heterocycles. The first-order valence-corrected chi connectivity index (χ1v) is 13.1. The van der Waals surface area contributed by atoms with Gasteiger partial charge in [0, 0.05) is 0 Å². The minimum absolute atomic E-state index is 0.625. The third-order valence-electron chi connectivity index (χ3n) is 7.99. The van der Waals surface area contributed by atoms with Crippen LogP contribution in [0.3, 0.4) is 0 Å². The summed E-state index contributed by atoms with van der Waals surface area (Å²) < 4.78 is 0. The average Bonchev–Trinajstić information content (AvgIpc) is 2.71. The van der Waals surface area contributed by atoms with E-state index in [2.05, 4.69) is 81.0 Å².